The van der Waals surface area contributed by atoms with Gasteiger partial charge in [0.2, 0.25) is 5.91 Å². The Hall–Kier alpha value is -2.89. The lowest BCUT2D eigenvalue weighted by Crippen LogP contribution is -2.35. The van der Waals surface area contributed by atoms with E-state index in [1.807, 2.05) is 62.6 Å². The van der Waals surface area contributed by atoms with Crippen molar-refractivity contribution in [2.45, 2.75) is 46.7 Å². The van der Waals surface area contributed by atoms with Crippen LogP contribution in [-0.2, 0) is 11.3 Å². The minimum atomic E-state index is -0.171. The predicted molar refractivity (Wildman–Crippen MR) is 103 cm³/mol. The Morgan fingerprint density at radius 3 is 2.54 bits per heavy atom. The second-order valence-corrected chi connectivity index (χ2v) is 6.62. The zero-order valence-corrected chi connectivity index (χ0v) is 15.6. The number of para-hydroxylation sites is 1. The fourth-order valence-electron chi connectivity index (χ4n) is 3.17. The van der Waals surface area contributed by atoms with Gasteiger partial charge in [0.05, 0.1) is 17.3 Å². The highest BCUT2D eigenvalue weighted by Gasteiger charge is 2.18. The van der Waals surface area contributed by atoms with Crippen molar-refractivity contribution in [1.82, 2.24) is 19.7 Å². The third-order valence-electron chi connectivity index (χ3n) is 4.86. The van der Waals surface area contributed by atoms with Crippen LogP contribution in [0.5, 0.6) is 0 Å². The molecule has 6 nitrogen and oxygen atoms in total. The number of rotatable bonds is 5. The van der Waals surface area contributed by atoms with Gasteiger partial charge in [0.1, 0.15) is 6.54 Å². The van der Waals surface area contributed by atoms with Crippen LogP contribution in [0.4, 0.5) is 0 Å². The molecule has 0 aliphatic heterocycles. The molecule has 0 bridgehead atoms. The fraction of sp³-hybridized carbons (Fsp3) is 0.350. The summed E-state index contributed by atoms with van der Waals surface area (Å²) in [5.74, 6) is -0.0535. The van der Waals surface area contributed by atoms with E-state index in [1.165, 1.54) is 4.68 Å². The van der Waals surface area contributed by atoms with Gasteiger partial charge in [0.25, 0.3) is 5.56 Å². The van der Waals surface area contributed by atoms with Crippen molar-refractivity contribution in [3.63, 3.8) is 0 Å². The van der Waals surface area contributed by atoms with Crippen LogP contribution in [0.2, 0.25) is 0 Å². The number of hydrogen-bond acceptors (Lipinski definition) is 3. The summed E-state index contributed by atoms with van der Waals surface area (Å²) >= 11 is 0. The normalized spacial score (nSPS) is 12.3. The monoisotopic (exact) mass is 352 g/mol. The number of benzene rings is 1. The Labute approximate surface area is 152 Å². The first kappa shape index (κ1) is 17.9. The molecule has 1 amide bonds. The number of hydrogen-bond donors (Lipinski definition) is 1. The van der Waals surface area contributed by atoms with Gasteiger partial charge >= 0.3 is 0 Å². The quantitative estimate of drug-likeness (QED) is 0.768. The number of aryl methyl sites for hydroxylation is 2. The number of aromatic nitrogens is 3. The molecule has 6 heteroatoms. The van der Waals surface area contributed by atoms with Gasteiger partial charge in [-0.25, -0.2) is 0 Å². The van der Waals surface area contributed by atoms with Crippen LogP contribution in [0.3, 0.4) is 0 Å². The van der Waals surface area contributed by atoms with E-state index < -0.39 is 0 Å². The number of nitrogens with one attached hydrogen (secondary N) is 1. The fourth-order valence-corrected chi connectivity index (χ4v) is 3.17. The standard InChI is InChI=1S/C20H24N4O2/c1-5-13(2)22-18(25)12-23-14(3)17-11-21-24(16-9-7-6-8-10-16)20(26)19(17)15(23)4/h6-11,13H,5,12H2,1-4H3,(H,22,25). The number of fused-ring (bicyclic) bond motifs is 1. The van der Waals surface area contributed by atoms with E-state index in [1.54, 1.807) is 6.20 Å². The van der Waals surface area contributed by atoms with Gasteiger partial charge in [-0.1, -0.05) is 25.1 Å². The van der Waals surface area contributed by atoms with Gasteiger partial charge in [0.15, 0.2) is 0 Å². The Bertz CT molecular complexity index is 1000. The summed E-state index contributed by atoms with van der Waals surface area (Å²) in [6, 6.07) is 9.46. The molecule has 0 saturated carbocycles. The van der Waals surface area contributed by atoms with Crippen molar-refractivity contribution in [3.05, 3.63) is 58.3 Å². The molecule has 1 atom stereocenters. The summed E-state index contributed by atoms with van der Waals surface area (Å²) in [7, 11) is 0. The Kier molecular flexibility index (Phi) is 4.93. The highest BCUT2D eigenvalue weighted by Crippen LogP contribution is 2.22. The average molecular weight is 352 g/mol. The highest BCUT2D eigenvalue weighted by molar-refractivity contribution is 5.88. The van der Waals surface area contributed by atoms with Crippen molar-refractivity contribution in [1.29, 1.82) is 0 Å². The molecule has 1 N–H and O–H groups in total. The molecule has 0 spiro atoms. The smallest absolute Gasteiger partial charge is 0.281 e. The third-order valence-corrected chi connectivity index (χ3v) is 4.86. The molecule has 3 aromatic rings. The largest absolute Gasteiger partial charge is 0.352 e. The van der Waals surface area contributed by atoms with E-state index in [2.05, 4.69) is 10.4 Å². The summed E-state index contributed by atoms with van der Waals surface area (Å²) in [5, 5.41) is 8.69. The van der Waals surface area contributed by atoms with Gasteiger partial charge in [-0.3, -0.25) is 9.59 Å². The molecule has 0 fully saturated rings. The van der Waals surface area contributed by atoms with Crippen molar-refractivity contribution in [3.8, 4) is 5.69 Å². The summed E-state index contributed by atoms with van der Waals surface area (Å²) in [5.41, 5.74) is 2.21. The van der Waals surface area contributed by atoms with E-state index >= 15 is 0 Å². The van der Waals surface area contributed by atoms with Crippen LogP contribution in [-0.4, -0.2) is 26.3 Å². The predicted octanol–water partition coefficient (Wildman–Crippen LogP) is 2.72. The average Bonchev–Trinajstić information content (AvgIpc) is 2.88. The first-order chi connectivity index (χ1) is 12.4. The molecule has 0 saturated heterocycles. The molecule has 2 aromatic heterocycles. The lowest BCUT2D eigenvalue weighted by Gasteiger charge is -2.13. The molecular weight excluding hydrogens is 328 g/mol. The maximum absolute atomic E-state index is 13.0. The first-order valence-corrected chi connectivity index (χ1v) is 8.86. The maximum atomic E-state index is 13.0. The SMILES string of the molecule is CCC(C)NC(=O)Cn1c(C)c2cnn(-c3ccccc3)c(=O)c2c1C. The number of nitrogens with zero attached hydrogens (tertiary/aromatic N) is 3. The molecule has 0 aliphatic rings. The summed E-state index contributed by atoms with van der Waals surface area (Å²) in [6.45, 7) is 8.00. The van der Waals surface area contributed by atoms with Crippen molar-refractivity contribution < 1.29 is 4.79 Å². The van der Waals surface area contributed by atoms with Crippen LogP contribution >= 0.6 is 0 Å². The lowest BCUT2D eigenvalue weighted by atomic mass is 10.2. The third kappa shape index (κ3) is 3.14. The molecule has 1 unspecified atom stereocenters. The van der Waals surface area contributed by atoms with E-state index in [0.717, 1.165) is 28.9 Å². The van der Waals surface area contributed by atoms with Gasteiger partial charge in [-0.2, -0.15) is 9.78 Å². The van der Waals surface area contributed by atoms with Gasteiger partial charge < -0.3 is 9.88 Å². The van der Waals surface area contributed by atoms with Crippen LogP contribution in [0.25, 0.3) is 16.5 Å². The number of amides is 1. The molecule has 136 valence electrons. The maximum Gasteiger partial charge on any atom is 0.281 e. The molecule has 0 aliphatic carbocycles. The molecular formula is C20H24N4O2. The van der Waals surface area contributed by atoms with Crippen LogP contribution < -0.4 is 10.9 Å². The zero-order chi connectivity index (χ0) is 18.8. The minimum absolute atomic E-state index is 0.0535. The Balaban J connectivity index is 2.07. The van der Waals surface area contributed by atoms with Crippen molar-refractivity contribution in [2.75, 3.05) is 0 Å². The second-order valence-electron chi connectivity index (χ2n) is 6.62. The lowest BCUT2D eigenvalue weighted by molar-refractivity contribution is -0.122. The minimum Gasteiger partial charge on any atom is -0.352 e. The topological polar surface area (TPSA) is 68.9 Å². The summed E-state index contributed by atoms with van der Waals surface area (Å²) < 4.78 is 3.29. The van der Waals surface area contributed by atoms with Crippen LogP contribution in [0.1, 0.15) is 31.7 Å². The summed E-state index contributed by atoms with van der Waals surface area (Å²) in [4.78, 5) is 25.3. The number of carbonyl (C=O) groups excluding carboxylic acids is 1. The van der Waals surface area contributed by atoms with E-state index in [-0.39, 0.29) is 24.1 Å². The molecule has 3 rings (SSSR count). The second kappa shape index (κ2) is 7.15. The Morgan fingerprint density at radius 1 is 1.19 bits per heavy atom. The van der Waals surface area contributed by atoms with E-state index in [0.29, 0.717) is 5.39 Å². The summed E-state index contributed by atoms with van der Waals surface area (Å²) in [6.07, 6.45) is 2.58. The molecule has 1 aromatic carbocycles. The highest BCUT2D eigenvalue weighted by atomic mass is 16.2. The van der Waals surface area contributed by atoms with Crippen molar-refractivity contribution >= 4 is 16.7 Å². The van der Waals surface area contributed by atoms with Gasteiger partial charge in [0, 0.05) is 22.8 Å². The van der Waals surface area contributed by atoms with Gasteiger partial charge in [-0.05, 0) is 39.3 Å². The Morgan fingerprint density at radius 2 is 1.88 bits per heavy atom. The van der Waals surface area contributed by atoms with Crippen molar-refractivity contribution in [2.24, 2.45) is 0 Å². The van der Waals surface area contributed by atoms with Crippen LogP contribution in [0.15, 0.2) is 41.3 Å². The van der Waals surface area contributed by atoms with Gasteiger partial charge in [-0.15, -0.1) is 0 Å². The zero-order valence-electron chi connectivity index (χ0n) is 15.6. The molecule has 2 heterocycles. The number of carbonyl (C=O) groups is 1. The van der Waals surface area contributed by atoms with Crippen LogP contribution in [0, 0.1) is 13.8 Å². The first-order valence-electron chi connectivity index (χ1n) is 8.86. The van der Waals surface area contributed by atoms with E-state index in [4.69, 9.17) is 0 Å². The molecule has 0 radical (unpaired) electrons. The molecule has 26 heavy (non-hydrogen) atoms. The van der Waals surface area contributed by atoms with E-state index in [9.17, 15) is 9.59 Å².